The van der Waals surface area contributed by atoms with Gasteiger partial charge in [0, 0.05) is 71.7 Å². The lowest BCUT2D eigenvalue weighted by atomic mass is 10.2. The molecule has 1 aromatic rings. The van der Waals surface area contributed by atoms with Crippen LogP contribution in [0, 0.1) is 13.8 Å². The number of piperazine rings is 1. The zero-order valence-corrected chi connectivity index (χ0v) is 17.2. The molecule has 1 saturated heterocycles. The number of carbonyl (C=O) groups excluding carboxylic acids is 1. The first kappa shape index (κ1) is 21.2. The lowest BCUT2D eigenvalue weighted by molar-refractivity contribution is -0.122. The van der Waals surface area contributed by atoms with Crippen molar-refractivity contribution in [2.24, 2.45) is 12.0 Å². The van der Waals surface area contributed by atoms with E-state index in [0.717, 1.165) is 37.8 Å². The van der Waals surface area contributed by atoms with Gasteiger partial charge >= 0.3 is 0 Å². The summed E-state index contributed by atoms with van der Waals surface area (Å²) in [5, 5.41) is 10.8. The van der Waals surface area contributed by atoms with Gasteiger partial charge in [-0.1, -0.05) is 0 Å². The molecule has 0 bridgehead atoms. The van der Waals surface area contributed by atoms with Gasteiger partial charge in [-0.3, -0.25) is 19.4 Å². The highest BCUT2D eigenvalue weighted by molar-refractivity contribution is 5.80. The van der Waals surface area contributed by atoms with Crippen LogP contribution in [0.1, 0.15) is 17.0 Å². The van der Waals surface area contributed by atoms with Crippen molar-refractivity contribution in [3.05, 3.63) is 17.0 Å². The Morgan fingerprint density at radius 1 is 1.22 bits per heavy atom. The van der Waals surface area contributed by atoms with Crippen molar-refractivity contribution in [3.63, 3.8) is 0 Å². The molecule has 0 aromatic carbocycles. The summed E-state index contributed by atoms with van der Waals surface area (Å²) in [7, 11) is 5.40. The highest BCUT2D eigenvalue weighted by Crippen LogP contribution is 2.11. The standard InChI is InChI=1S/C18H33N7O2/c1-14-16(15(2)23(4)22-14)12-21-18(19-3)25-9-7-24(8-10-25)13-17(26)20-6-11-27-5/h6-13H2,1-5H3,(H,19,21)(H,20,26). The number of aromatic nitrogens is 2. The number of ether oxygens (including phenoxy) is 1. The number of nitrogens with zero attached hydrogens (tertiary/aromatic N) is 5. The molecule has 9 heteroatoms. The Kier molecular flexibility index (Phi) is 8.05. The first-order valence-corrected chi connectivity index (χ1v) is 9.39. The minimum absolute atomic E-state index is 0.0468. The Hall–Kier alpha value is -2.13. The van der Waals surface area contributed by atoms with E-state index in [9.17, 15) is 4.79 Å². The molecule has 0 unspecified atom stereocenters. The Morgan fingerprint density at radius 2 is 1.93 bits per heavy atom. The van der Waals surface area contributed by atoms with Crippen molar-refractivity contribution in [2.45, 2.75) is 20.4 Å². The minimum atomic E-state index is 0.0468. The van der Waals surface area contributed by atoms with Crippen molar-refractivity contribution >= 4 is 11.9 Å². The number of aryl methyl sites for hydroxylation is 2. The Labute approximate surface area is 161 Å². The number of methoxy groups -OCH3 is 1. The predicted octanol–water partition coefficient (Wildman–Crippen LogP) is -0.507. The van der Waals surface area contributed by atoms with Crippen LogP contribution >= 0.6 is 0 Å². The second kappa shape index (κ2) is 10.3. The van der Waals surface area contributed by atoms with E-state index in [1.807, 2.05) is 18.7 Å². The fraction of sp³-hybridized carbons (Fsp3) is 0.722. The topological polar surface area (TPSA) is 87.0 Å². The third-order valence-corrected chi connectivity index (χ3v) is 4.96. The zero-order chi connectivity index (χ0) is 19.8. The summed E-state index contributed by atoms with van der Waals surface area (Å²) in [6, 6.07) is 0. The molecule has 9 nitrogen and oxygen atoms in total. The lowest BCUT2D eigenvalue weighted by Gasteiger charge is -2.36. The van der Waals surface area contributed by atoms with Crippen LogP contribution in [0.25, 0.3) is 0 Å². The van der Waals surface area contributed by atoms with Crippen LogP contribution in [0.3, 0.4) is 0 Å². The average molecular weight is 380 g/mol. The van der Waals surface area contributed by atoms with Gasteiger partial charge in [-0.25, -0.2) is 0 Å². The highest BCUT2D eigenvalue weighted by Gasteiger charge is 2.21. The summed E-state index contributed by atoms with van der Waals surface area (Å²) in [5.41, 5.74) is 3.42. The van der Waals surface area contributed by atoms with Crippen LogP contribution in [0.4, 0.5) is 0 Å². The van der Waals surface area contributed by atoms with Crippen LogP contribution in [-0.2, 0) is 23.1 Å². The van der Waals surface area contributed by atoms with Crippen molar-refractivity contribution in [3.8, 4) is 0 Å². The summed E-state index contributed by atoms with van der Waals surface area (Å²) in [6.45, 7) is 9.70. The molecule has 27 heavy (non-hydrogen) atoms. The van der Waals surface area contributed by atoms with Gasteiger partial charge in [0.05, 0.1) is 18.8 Å². The van der Waals surface area contributed by atoms with Gasteiger partial charge < -0.3 is 20.3 Å². The van der Waals surface area contributed by atoms with Gasteiger partial charge in [0.15, 0.2) is 5.96 Å². The Morgan fingerprint density at radius 3 is 2.48 bits per heavy atom. The van der Waals surface area contributed by atoms with Crippen LogP contribution < -0.4 is 10.6 Å². The largest absolute Gasteiger partial charge is 0.383 e. The number of carbonyl (C=O) groups is 1. The molecule has 1 aromatic heterocycles. The molecule has 2 rings (SSSR count). The quantitative estimate of drug-likeness (QED) is 0.377. The number of hydrogen-bond donors (Lipinski definition) is 2. The van der Waals surface area contributed by atoms with Crippen LogP contribution in [0.2, 0.25) is 0 Å². The summed E-state index contributed by atoms with van der Waals surface area (Å²) in [5.74, 6) is 0.937. The minimum Gasteiger partial charge on any atom is -0.383 e. The Bertz CT molecular complexity index is 648. The van der Waals surface area contributed by atoms with Crippen molar-refractivity contribution in [2.75, 3.05) is 60.0 Å². The number of rotatable bonds is 7. The maximum atomic E-state index is 11.9. The summed E-state index contributed by atoms with van der Waals surface area (Å²) >= 11 is 0. The van der Waals surface area contributed by atoms with E-state index in [-0.39, 0.29) is 5.91 Å². The first-order chi connectivity index (χ1) is 13.0. The maximum Gasteiger partial charge on any atom is 0.234 e. The second-order valence-corrected chi connectivity index (χ2v) is 6.78. The molecule has 1 amide bonds. The second-order valence-electron chi connectivity index (χ2n) is 6.78. The van der Waals surface area contributed by atoms with Gasteiger partial charge in [-0.2, -0.15) is 5.10 Å². The molecule has 1 aliphatic heterocycles. The monoisotopic (exact) mass is 379 g/mol. The molecule has 0 radical (unpaired) electrons. The van der Waals surface area contributed by atoms with Crippen LogP contribution in [-0.4, -0.2) is 91.5 Å². The Balaban J connectivity index is 1.79. The van der Waals surface area contributed by atoms with Gasteiger partial charge in [-0.15, -0.1) is 0 Å². The molecule has 0 saturated carbocycles. The van der Waals surface area contributed by atoms with E-state index in [2.05, 4.69) is 37.4 Å². The molecule has 2 N–H and O–H groups in total. The number of nitrogens with one attached hydrogen (secondary N) is 2. The molecule has 0 spiro atoms. The van der Waals surface area contributed by atoms with Crippen molar-refractivity contribution < 1.29 is 9.53 Å². The number of amides is 1. The van der Waals surface area contributed by atoms with E-state index in [0.29, 0.717) is 26.2 Å². The maximum absolute atomic E-state index is 11.9. The van der Waals surface area contributed by atoms with E-state index in [4.69, 9.17) is 4.74 Å². The van der Waals surface area contributed by atoms with E-state index < -0.39 is 0 Å². The molecular weight excluding hydrogens is 346 g/mol. The molecular formula is C18H33N7O2. The molecule has 2 heterocycles. The molecule has 1 fully saturated rings. The first-order valence-electron chi connectivity index (χ1n) is 9.39. The fourth-order valence-electron chi connectivity index (χ4n) is 3.24. The number of hydrogen-bond acceptors (Lipinski definition) is 5. The van der Waals surface area contributed by atoms with E-state index in [1.54, 1.807) is 14.2 Å². The van der Waals surface area contributed by atoms with Gasteiger partial charge in [-0.05, 0) is 13.8 Å². The van der Waals surface area contributed by atoms with E-state index in [1.165, 1.54) is 11.3 Å². The number of guanidine groups is 1. The fourth-order valence-corrected chi connectivity index (χ4v) is 3.24. The predicted molar refractivity (Wildman–Crippen MR) is 106 cm³/mol. The smallest absolute Gasteiger partial charge is 0.234 e. The van der Waals surface area contributed by atoms with Gasteiger partial charge in [0.25, 0.3) is 0 Å². The summed E-state index contributed by atoms with van der Waals surface area (Å²) < 4.78 is 6.85. The molecule has 0 aliphatic carbocycles. The third-order valence-electron chi connectivity index (χ3n) is 4.96. The SMILES string of the molecule is CN=C(NCc1c(C)nn(C)c1C)N1CCN(CC(=O)NCCOC)CC1. The van der Waals surface area contributed by atoms with Gasteiger partial charge in [0.1, 0.15) is 0 Å². The third kappa shape index (κ3) is 5.93. The number of aliphatic imine (C=N–C) groups is 1. The van der Waals surface area contributed by atoms with Crippen LogP contribution in [0.5, 0.6) is 0 Å². The summed E-state index contributed by atoms with van der Waals surface area (Å²) in [4.78, 5) is 20.7. The van der Waals surface area contributed by atoms with Crippen LogP contribution in [0.15, 0.2) is 4.99 Å². The van der Waals surface area contributed by atoms with E-state index >= 15 is 0 Å². The summed E-state index contributed by atoms with van der Waals surface area (Å²) in [6.07, 6.45) is 0. The normalized spacial score (nSPS) is 15.9. The van der Waals surface area contributed by atoms with Crippen molar-refractivity contribution in [1.82, 2.24) is 30.2 Å². The zero-order valence-electron chi connectivity index (χ0n) is 17.2. The molecule has 1 aliphatic rings. The average Bonchev–Trinajstić information content (AvgIpc) is 2.89. The van der Waals surface area contributed by atoms with Crippen molar-refractivity contribution in [1.29, 1.82) is 0 Å². The lowest BCUT2D eigenvalue weighted by Crippen LogP contribution is -2.54. The molecule has 0 atom stereocenters. The van der Waals surface area contributed by atoms with Gasteiger partial charge in [0.2, 0.25) is 5.91 Å². The molecule has 152 valence electrons. The highest BCUT2D eigenvalue weighted by atomic mass is 16.5.